The Kier molecular flexibility index (Phi) is 4.67. The van der Waals surface area contributed by atoms with E-state index in [2.05, 4.69) is 20.8 Å². The second-order valence-corrected chi connectivity index (χ2v) is 3.77. The van der Waals surface area contributed by atoms with E-state index in [9.17, 15) is 0 Å². The maximum absolute atomic E-state index is 2.40. The van der Waals surface area contributed by atoms with Gasteiger partial charge in [0, 0.05) is 32.7 Å². The van der Waals surface area contributed by atoms with Crippen LogP contribution in [-0.4, -0.2) is 0 Å². The van der Waals surface area contributed by atoms with Gasteiger partial charge in [-0.05, 0) is 0 Å². The largest absolute Gasteiger partial charge is 0.314 e. The van der Waals surface area contributed by atoms with Crippen LogP contribution in [-0.2, 0) is 32.7 Å². The first-order valence-corrected chi connectivity index (χ1v) is 3.96. The Bertz CT molecular complexity index is 90.9. The van der Waals surface area contributed by atoms with Crippen LogP contribution in [0.2, 0.25) is 0 Å². The molecule has 0 aromatic heterocycles. The molecule has 0 spiro atoms. The molecular weight excluding hydrogens is 197 g/mol. The van der Waals surface area contributed by atoms with Crippen LogP contribution in [0.15, 0.2) is 0 Å². The van der Waals surface area contributed by atoms with E-state index in [-0.39, 0.29) is 32.7 Å². The summed E-state index contributed by atoms with van der Waals surface area (Å²) in [6, 6.07) is 0. The van der Waals surface area contributed by atoms with Crippen molar-refractivity contribution in [3.63, 3.8) is 0 Å². The minimum absolute atomic E-state index is 0. The van der Waals surface area contributed by atoms with E-state index in [0.29, 0.717) is 5.41 Å². The quantitative estimate of drug-likeness (QED) is 0.588. The van der Waals surface area contributed by atoms with Gasteiger partial charge < -0.3 is 5.92 Å². The fourth-order valence-corrected chi connectivity index (χ4v) is 1.66. The van der Waals surface area contributed by atoms with Crippen molar-refractivity contribution in [1.29, 1.82) is 0 Å². The number of hydrogen-bond acceptors (Lipinski definition) is 0. The smallest absolute Gasteiger partial charge is 0 e. The van der Waals surface area contributed by atoms with Gasteiger partial charge in [-0.15, -0.1) is 0 Å². The van der Waals surface area contributed by atoms with Crippen LogP contribution in [0, 0.1) is 11.3 Å². The Morgan fingerprint density at radius 2 is 1.50 bits per heavy atom. The molecule has 0 nitrogen and oxygen atoms in total. The Morgan fingerprint density at radius 3 is 1.70 bits per heavy atom. The van der Waals surface area contributed by atoms with Crippen molar-refractivity contribution in [2.75, 3.05) is 0 Å². The van der Waals surface area contributed by atoms with Crippen molar-refractivity contribution in [2.45, 2.75) is 46.5 Å². The zero-order chi connectivity index (χ0) is 6.91. The molecule has 0 saturated heterocycles. The van der Waals surface area contributed by atoms with Gasteiger partial charge in [0.05, 0.1) is 0 Å². The van der Waals surface area contributed by atoms with Crippen LogP contribution in [0.25, 0.3) is 0 Å². The first kappa shape index (κ1) is 11.1. The fraction of sp³-hybridized carbons (Fsp3) is 0.889. The molecule has 1 heteroatoms. The topological polar surface area (TPSA) is 0 Å². The zero-order valence-electron chi connectivity index (χ0n) is 7.41. The molecule has 0 atom stereocenters. The Labute approximate surface area is 90.0 Å². The van der Waals surface area contributed by atoms with E-state index in [1.807, 2.05) is 0 Å². The normalized spacial score (nSPS) is 22.8. The van der Waals surface area contributed by atoms with Gasteiger partial charge in [-0.2, -0.15) is 19.3 Å². The first-order chi connectivity index (χ1) is 4.15. The average molecular weight is 214 g/mol. The number of hydrogen-bond donors (Lipinski definition) is 0. The van der Waals surface area contributed by atoms with E-state index in [1.54, 1.807) is 5.92 Å². The van der Waals surface area contributed by atoms with E-state index in [4.69, 9.17) is 0 Å². The van der Waals surface area contributed by atoms with Crippen LogP contribution in [0.1, 0.15) is 46.5 Å². The summed E-state index contributed by atoms with van der Waals surface area (Å²) in [6.45, 7) is 6.94. The number of rotatable bonds is 1. The Balaban J connectivity index is 0.000000810. The summed E-state index contributed by atoms with van der Waals surface area (Å²) in [5.74, 6) is 1.63. The van der Waals surface area contributed by atoms with Crippen molar-refractivity contribution in [2.24, 2.45) is 5.41 Å². The van der Waals surface area contributed by atoms with Gasteiger partial charge in [0.2, 0.25) is 0 Å². The fourth-order valence-electron chi connectivity index (χ4n) is 1.66. The molecule has 1 rings (SSSR count). The van der Waals surface area contributed by atoms with Crippen LogP contribution in [0.4, 0.5) is 0 Å². The van der Waals surface area contributed by atoms with Crippen molar-refractivity contribution >= 4 is 0 Å². The van der Waals surface area contributed by atoms with Gasteiger partial charge in [-0.3, -0.25) is 0 Å². The molecule has 10 heavy (non-hydrogen) atoms. The zero-order valence-corrected chi connectivity index (χ0v) is 10.2. The minimum atomic E-state index is 0. The molecule has 0 heterocycles. The van der Waals surface area contributed by atoms with Gasteiger partial charge in [-0.25, -0.2) is 0 Å². The maximum Gasteiger partial charge on any atom is 0 e. The molecule has 1 radical (unpaired) electrons. The molecule has 0 aromatic carbocycles. The summed E-state index contributed by atoms with van der Waals surface area (Å²) in [4.78, 5) is 0. The van der Waals surface area contributed by atoms with Gasteiger partial charge >= 0.3 is 0 Å². The molecule has 0 bridgehead atoms. The third kappa shape index (κ3) is 2.31. The second-order valence-electron chi connectivity index (χ2n) is 3.77. The van der Waals surface area contributed by atoms with Crippen molar-refractivity contribution in [1.82, 2.24) is 0 Å². The molecule has 57 valence electrons. The summed E-state index contributed by atoms with van der Waals surface area (Å²) in [5, 5.41) is 0. The average Bonchev–Trinajstić information content (AvgIpc) is 2.16. The summed E-state index contributed by atoms with van der Waals surface area (Å²) >= 11 is 0. The molecule has 0 aliphatic heterocycles. The standard InChI is InChI=1S/C9H17.Y/c1-8(2)9(3)6-4-5-7-9;/h4-7H2,1-3H3;/q-1;. The molecule has 1 saturated carbocycles. The van der Waals surface area contributed by atoms with Crippen molar-refractivity contribution < 1.29 is 32.7 Å². The summed E-state index contributed by atoms with van der Waals surface area (Å²) < 4.78 is 0. The Morgan fingerprint density at radius 1 is 1.10 bits per heavy atom. The van der Waals surface area contributed by atoms with E-state index in [1.165, 1.54) is 25.7 Å². The molecule has 1 fully saturated rings. The Hall–Kier alpha value is 1.10. The van der Waals surface area contributed by atoms with Gasteiger partial charge in [0.15, 0.2) is 0 Å². The van der Waals surface area contributed by atoms with Gasteiger partial charge in [0.25, 0.3) is 0 Å². The molecule has 0 amide bonds. The van der Waals surface area contributed by atoms with E-state index < -0.39 is 0 Å². The van der Waals surface area contributed by atoms with Crippen LogP contribution >= 0.6 is 0 Å². The van der Waals surface area contributed by atoms with Gasteiger partial charge in [0.1, 0.15) is 0 Å². The predicted octanol–water partition coefficient (Wildman–Crippen LogP) is 3.18. The predicted molar refractivity (Wildman–Crippen MR) is 41.2 cm³/mol. The first-order valence-electron chi connectivity index (χ1n) is 3.96. The van der Waals surface area contributed by atoms with Crippen molar-refractivity contribution in [3.05, 3.63) is 5.92 Å². The minimum Gasteiger partial charge on any atom is -0.314 e. The van der Waals surface area contributed by atoms with Gasteiger partial charge in [-0.1, -0.05) is 32.6 Å². The van der Waals surface area contributed by atoms with Crippen LogP contribution in [0.5, 0.6) is 0 Å². The summed E-state index contributed by atoms with van der Waals surface area (Å²) in [7, 11) is 0. The summed E-state index contributed by atoms with van der Waals surface area (Å²) in [6.07, 6.45) is 5.74. The molecule has 1 aliphatic carbocycles. The summed E-state index contributed by atoms with van der Waals surface area (Å²) in [5.41, 5.74) is 0.611. The molecule has 1 aliphatic rings. The molecule has 0 aromatic rings. The third-order valence-electron chi connectivity index (χ3n) is 2.91. The molecule has 0 unspecified atom stereocenters. The monoisotopic (exact) mass is 214 g/mol. The molecule has 0 N–H and O–H groups in total. The third-order valence-corrected chi connectivity index (χ3v) is 2.91. The second kappa shape index (κ2) is 4.21. The van der Waals surface area contributed by atoms with Crippen LogP contribution < -0.4 is 0 Å². The van der Waals surface area contributed by atoms with E-state index in [0.717, 1.165) is 0 Å². The van der Waals surface area contributed by atoms with E-state index >= 15 is 0 Å². The maximum atomic E-state index is 2.40. The van der Waals surface area contributed by atoms with Crippen LogP contribution in [0.3, 0.4) is 0 Å². The SMILES string of the molecule is C[C-](C)C1(C)CCCC1.[Y]. The molecular formula is C9H17Y-. The van der Waals surface area contributed by atoms with Crippen molar-refractivity contribution in [3.8, 4) is 0 Å².